The number of hydrogen-bond donors (Lipinski definition) is 1. The van der Waals surface area contributed by atoms with Gasteiger partial charge in [-0.3, -0.25) is 9.80 Å². The van der Waals surface area contributed by atoms with Gasteiger partial charge in [0, 0.05) is 51.7 Å². The van der Waals surface area contributed by atoms with Crippen LogP contribution in [-0.4, -0.2) is 63.5 Å². The molecule has 1 aromatic heterocycles. The van der Waals surface area contributed by atoms with Gasteiger partial charge in [-0.15, -0.1) is 0 Å². The quantitative estimate of drug-likeness (QED) is 0.906. The fraction of sp³-hybridized carbons (Fsp3) is 0.471. The molecule has 118 valence electrons. The number of benzene rings is 1. The number of piperazine rings is 1. The minimum Gasteiger partial charge on any atom is -0.392 e. The van der Waals surface area contributed by atoms with Crippen molar-refractivity contribution < 1.29 is 5.11 Å². The molecule has 0 spiro atoms. The molecule has 1 saturated heterocycles. The average molecular weight is 300 g/mol. The van der Waals surface area contributed by atoms with Crippen molar-refractivity contribution in [3.05, 3.63) is 48.3 Å². The van der Waals surface area contributed by atoms with Crippen molar-refractivity contribution in [1.29, 1.82) is 0 Å². The van der Waals surface area contributed by atoms with Crippen LogP contribution in [0.3, 0.4) is 0 Å². The summed E-state index contributed by atoms with van der Waals surface area (Å²) in [6, 6.07) is 10.5. The van der Waals surface area contributed by atoms with Gasteiger partial charge in [-0.25, -0.2) is 4.68 Å². The highest BCUT2D eigenvalue weighted by molar-refractivity contribution is 5.33. The summed E-state index contributed by atoms with van der Waals surface area (Å²) >= 11 is 0. The van der Waals surface area contributed by atoms with Crippen molar-refractivity contribution in [2.24, 2.45) is 0 Å². The van der Waals surface area contributed by atoms with Crippen LogP contribution >= 0.6 is 0 Å². The molecule has 0 amide bonds. The van der Waals surface area contributed by atoms with Crippen molar-refractivity contribution in [3.63, 3.8) is 0 Å². The van der Waals surface area contributed by atoms with E-state index in [0.717, 1.165) is 45.0 Å². The molecule has 5 heteroatoms. The number of β-amino-alcohol motifs (C(OH)–C–C–N with tert-alkyl or cyclic N) is 1. The largest absolute Gasteiger partial charge is 0.392 e. The summed E-state index contributed by atoms with van der Waals surface area (Å²) in [6.07, 6.45) is 3.51. The maximum Gasteiger partial charge on any atom is 0.0645 e. The van der Waals surface area contributed by atoms with E-state index in [9.17, 15) is 5.11 Å². The highest BCUT2D eigenvalue weighted by atomic mass is 16.3. The average Bonchev–Trinajstić information content (AvgIpc) is 3.04. The molecule has 0 unspecified atom stereocenters. The molecule has 1 aliphatic heterocycles. The number of hydrogen-bond acceptors (Lipinski definition) is 4. The number of aromatic nitrogens is 2. The molecule has 22 heavy (non-hydrogen) atoms. The fourth-order valence-corrected chi connectivity index (χ4v) is 2.94. The second-order valence-corrected chi connectivity index (χ2v) is 6.04. The van der Waals surface area contributed by atoms with E-state index in [2.05, 4.69) is 39.2 Å². The van der Waals surface area contributed by atoms with Crippen molar-refractivity contribution in [3.8, 4) is 5.69 Å². The summed E-state index contributed by atoms with van der Waals surface area (Å²) in [5.74, 6) is 0. The van der Waals surface area contributed by atoms with E-state index in [4.69, 9.17) is 0 Å². The zero-order valence-corrected chi connectivity index (χ0v) is 13.1. The summed E-state index contributed by atoms with van der Waals surface area (Å²) in [6.45, 7) is 7.83. The molecule has 5 nitrogen and oxygen atoms in total. The third kappa shape index (κ3) is 3.94. The zero-order valence-electron chi connectivity index (χ0n) is 13.1. The minimum absolute atomic E-state index is 0.235. The van der Waals surface area contributed by atoms with Gasteiger partial charge in [-0.05, 0) is 30.7 Å². The van der Waals surface area contributed by atoms with E-state index in [1.54, 1.807) is 6.20 Å². The first kappa shape index (κ1) is 15.2. The maximum atomic E-state index is 9.45. The van der Waals surface area contributed by atoms with Crippen LogP contribution < -0.4 is 0 Å². The Balaban J connectivity index is 1.52. The van der Waals surface area contributed by atoms with E-state index in [0.29, 0.717) is 0 Å². The number of aliphatic hydroxyl groups excluding tert-OH is 1. The van der Waals surface area contributed by atoms with Gasteiger partial charge in [0.15, 0.2) is 0 Å². The van der Waals surface area contributed by atoms with Gasteiger partial charge >= 0.3 is 0 Å². The first-order valence-electron chi connectivity index (χ1n) is 7.92. The molecule has 3 rings (SSSR count). The van der Waals surface area contributed by atoms with Crippen molar-refractivity contribution >= 4 is 0 Å². The Morgan fingerprint density at radius 1 is 1.09 bits per heavy atom. The van der Waals surface area contributed by atoms with Crippen LogP contribution in [0.25, 0.3) is 5.69 Å². The van der Waals surface area contributed by atoms with Gasteiger partial charge in [0.2, 0.25) is 0 Å². The van der Waals surface area contributed by atoms with Crippen LogP contribution in [0, 0.1) is 0 Å². The molecule has 1 aliphatic rings. The monoisotopic (exact) mass is 300 g/mol. The first-order valence-corrected chi connectivity index (χ1v) is 7.92. The van der Waals surface area contributed by atoms with E-state index in [1.165, 1.54) is 5.56 Å². The lowest BCUT2D eigenvalue weighted by Gasteiger charge is -2.35. The molecular formula is C17H24N4O. The Labute approximate surface area is 131 Å². The smallest absolute Gasteiger partial charge is 0.0645 e. The Morgan fingerprint density at radius 3 is 2.36 bits per heavy atom. The third-order valence-electron chi connectivity index (χ3n) is 4.10. The maximum absolute atomic E-state index is 9.45. The van der Waals surface area contributed by atoms with Crippen molar-refractivity contribution in [2.45, 2.75) is 19.6 Å². The molecule has 1 fully saturated rings. The lowest BCUT2D eigenvalue weighted by Crippen LogP contribution is -2.47. The summed E-state index contributed by atoms with van der Waals surface area (Å²) in [4.78, 5) is 4.81. The molecule has 1 N–H and O–H groups in total. The SMILES string of the molecule is C[C@@H](O)CN1CCN(Cc2ccc(-n3cccn3)cc2)CC1. The summed E-state index contributed by atoms with van der Waals surface area (Å²) in [5.41, 5.74) is 2.43. The zero-order chi connectivity index (χ0) is 15.4. The van der Waals surface area contributed by atoms with Gasteiger partial charge in [-0.2, -0.15) is 5.10 Å². The third-order valence-corrected chi connectivity index (χ3v) is 4.10. The summed E-state index contributed by atoms with van der Waals surface area (Å²) < 4.78 is 1.87. The van der Waals surface area contributed by atoms with Crippen LogP contribution in [0.2, 0.25) is 0 Å². The molecule has 0 bridgehead atoms. The predicted molar refractivity (Wildman–Crippen MR) is 87.0 cm³/mol. The first-order chi connectivity index (χ1) is 10.7. The number of rotatable bonds is 5. The Morgan fingerprint density at radius 2 is 1.77 bits per heavy atom. The Hall–Kier alpha value is -1.69. The Kier molecular flexibility index (Phi) is 4.87. The molecule has 2 aromatic rings. The highest BCUT2D eigenvalue weighted by Crippen LogP contribution is 2.12. The molecule has 0 radical (unpaired) electrons. The lowest BCUT2D eigenvalue weighted by molar-refractivity contribution is 0.0781. The second-order valence-electron chi connectivity index (χ2n) is 6.04. The number of nitrogens with zero attached hydrogens (tertiary/aromatic N) is 4. The molecule has 2 heterocycles. The van der Waals surface area contributed by atoms with Crippen LogP contribution in [-0.2, 0) is 6.54 Å². The summed E-state index contributed by atoms with van der Waals surface area (Å²) in [7, 11) is 0. The standard InChI is InChI=1S/C17H24N4O/c1-15(22)13-19-9-11-20(12-10-19)14-16-3-5-17(6-4-16)21-8-2-7-18-21/h2-8,15,22H,9-14H2,1H3/t15-/m1/s1. The lowest BCUT2D eigenvalue weighted by atomic mass is 10.1. The van der Waals surface area contributed by atoms with Crippen molar-refractivity contribution in [2.75, 3.05) is 32.7 Å². The van der Waals surface area contributed by atoms with Gasteiger partial charge in [-0.1, -0.05) is 12.1 Å². The number of aliphatic hydroxyl groups is 1. The molecule has 1 aromatic carbocycles. The van der Waals surface area contributed by atoms with Gasteiger partial charge in [0.1, 0.15) is 0 Å². The normalized spacial score (nSPS) is 18.5. The second kappa shape index (κ2) is 7.05. The van der Waals surface area contributed by atoms with E-state index in [1.807, 2.05) is 23.9 Å². The fourth-order valence-electron chi connectivity index (χ4n) is 2.94. The van der Waals surface area contributed by atoms with Crippen LogP contribution in [0.15, 0.2) is 42.7 Å². The van der Waals surface area contributed by atoms with E-state index in [-0.39, 0.29) is 6.10 Å². The topological polar surface area (TPSA) is 44.5 Å². The van der Waals surface area contributed by atoms with E-state index >= 15 is 0 Å². The summed E-state index contributed by atoms with van der Waals surface area (Å²) in [5, 5.41) is 13.7. The van der Waals surface area contributed by atoms with Crippen LogP contribution in [0.5, 0.6) is 0 Å². The molecular weight excluding hydrogens is 276 g/mol. The van der Waals surface area contributed by atoms with Gasteiger partial charge in [0.25, 0.3) is 0 Å². The predicted octanol–water partition coefficient (Wildman–Crippen LogP) is 1.37. The molecule has 0 saturated carbocycles. The molecule has 1 atom stereocenters. The van der Waals surface area contributed by atoms with Crippen LogP contribution in [0.4, 0.5) is 0 Å². The minimum atomic E-state index is -0.235. The van der Waals surface area contributed by atoms with Crippen molar-refractivity contribution in [1.82, 2.24) is 19.6 Å². The highest BCUT2D eigenvalue weighted by Gasteiger charge is 2.17. The van der Waals surface area contributed by atoms with Crippen LogP contribution in [0.1, 0.15) is 12.5 Å². The van der Waals surface area contributed by atoms with Gasteiger partial charge < -0.3 is 5.11 Å². The molecule has 0 aliphatic carbocycles. The van der Waals surface area contributed by atoms with E-state index < -0.39 is 0 Å². The van der Waals surface area contributed by atoms with Gasteiger partial charge in [0.05, 0.1) is 11.8 Å². The Bertz CT molecular complexity index is 557.